The molecule has 3 rings (SSSR count). The fraction of sp³-hybridized carbons (Fsp3) is 0.176. The number of rotatable bonds is 1. The molecule has 1 aliphatic carbocycles. The van der Waals surface area contributed by atoms with Gasteiger partial charge in [0.05, 0.1) is 0 Å². The van der Waals surface area contributed by atoms with Gasteiger partial charge in [-0.2, -0.15) is 0 Å². The third kappa shape index (κ3) is 1.80. The largest absolute Gasteiger partial charge is 0.0716 e. The van der Waals surface area contributed by atoms with Crippen molar-refractivity contribution in [3.63, 3.8) is 0 Å². The molecule has 0 fully saturated rings. The molecule has 0 aliphatic heterocycles. The Morgan fingerprint density at radius 1 is 0.882 bits per heavy atom. The highest BCUT2D eigenvalue weighted by Gasteiger charge is 2.14. The first-order valence-corrected chi connectivity index (χ1v) is 6.11. The average Bonchev–Trinajstić information content (AvgIpc) is 2.71. The molecule has 1 aliphatic rings. The predicted octanol–water partition coefficient (Wildman–Crippen LogP) is 4.29. The molecule has 0 unspecified atom stereocenters. The summed E-state index contributed by atoms with van der Waals surface area (Å²) in [5, 5.41) is 0. The molecular weight excluding hydrogens is 204 g/mol. The van der Waals surface area contributed by atoms with E-state index in [9.17, 15) is 0 Å². The second-order valence-corrected chi connectivity index (χ2v) is 4.86. The van der Waals surface area contributed by atoms with Crippen molar-refractivity contribution in [2.24, 2.45) is 0 Å². The van der Waals surface area contributed by atoms with E-state index in [0.717, 1.165) is 6.42 Å². The van der Waals surface area contributed by atoms with Gasteiger partial charge in [0.25, 0.3) is 0 Å². The third-order valence-electron chi connectivity index (χ3n) is 3.37. The van der Waals surface area contributed by atoms with Crippen LogP contribution >= 0.6 is 0 Å². The van der Waals surface area contributed by atoms with E-state index in [1.54, 1.807) is 0 Å². The molecule has 17 heavy (non-hydrogen) atoms. The summed E-state index contributed by atoms with van der Waals surface area (Å²) in [7, 11) is 0. The van der Waals surface area contributed by atoms with Crippen LogP contribution in [0.1, 0.15) is 27.8 Å². The first kappa shape index (κ1) is 10.3. The van der Waals surface area contributed by atoms with Gasteiger partial charge in [-0.05, 0) is 42.5 Å². The van der Waals surface area contributed by atoms with Crippen LogP contribution in [0.2, 0.25) is 0 Å². The van der Waals surface area contributed by atoms with Crippen LogP contribution in [0, 0.1) is 13.8 Å². The van der Waals surface area contributed by atoms with Crippen molar-refractivity contribution in [3.05, 3.63) is 76.4 Å². The van der Waals surface area contributed by atoms with Gasteiger partial charge in [-0.25, -0.2) is 0 Å². The Kier molecular flexibility index (Phi) is 2.36. The summed E-state index contributed by atoms with van der Waals surface area (Å²) < 4.78 is 0. The normalized spacial score (nSPS) is 13.4. The minimum absolute atomic E-state index is 1.07. The van der Waals surface area contributed by atoms with Crippen LogP contribution < -0.4 is 0 Å². The zero-order valence-electron chi connectivity index (χ0n) is 10.3. The lowest BCUT2D eigenvalue weighted by Gasteiger charge is -2.08. The smallest absolute Gasteiger partial charge is 0.00819 e. The van der Waals surface area contributed by atoms with Gasteiger partial charge in [0.2, 0.25) is 0 Å². The average molecular weight is 220 g/mol. The highest BCUT2D eigenvalue weighted by atomic mass is 14.2. The van der Waals surface area contributed by atoms with Crippen molar-refractivity contribution in [3.8, 4) is 0 Å². The Balaban J connectivity index is 2.12. The zero-order chi connectivity index (χ0) is 11.8. The maximum atomic E-state index is 2.35. The fourth-order valence-electron chi connectivity index (χ4n) is 2.69. The summed E-state index contributed by atoms with van der Waals surface area (Å²) in [4.78, 5) is 0. The van der Waals surface area contributed by atoms with Gasteiger partial charge in [0.15, 0.2) is 0 Å². The number of aryl methyl sites for hydroxylation is 2. The highest BCUT2D eigenvalue weighted by Crippen LogP contribution is 2.33. The van der Waals surface area contributed by atoms with Gasteiger partial charge < -0.3 is 0 Å². The summed E-state index contributed by atoms with van der Waals surface area (Å²) >= 11 is 0. The van der Waals surface area contributed by atoms with Crippen LogP contribution in [0.5, 0.6) is 0 Å². The van der Waals surface area contributed by atoms with Crippen molar-refractivity contribution < 1.29 is 0 Å². The van der Waals surface area contributed by atoms with Gasteiger partial charge >= 0.3 is 0 Å². The van der Waals surface area contributed by atoms with Crippen molar-refractivity contribution in [2.45, 2.75) is 20.3 Å². The number of fused-ring (bicyclic) bond motifs is 1. The van der Waals surface area contributed by atoms with Gasteiger partial charge in [-0.15, -0.1) is 0 Å². The molecule has 0 aromatic heterocycles. The summed E-state index contributed by atoms with van der Waals surface area (Å²) in [5.74, 6) is 0. The van der Waals surface area contributed by atoms with Gasteiger partial charge in [0.1, 0.15) is 0 Å². The molecule has 0 radical (unpaired) electrons. The molecule has 2 aromatic rings. The minimum Gasteiger partial charge on any atom is -0.0716 e. The highest BCUT2D eigenvalue weighted by molar-refractivity contribution is 5.85. The second kappa shape index (κ2) is 3.89. The van der Waals surface area contributed by atoms with Crippen LogP contribution in [-0.4, -0.2) is 0 Å². The molecule has 0 spiro atoms. The van der Waals surface area contributed by atoms with Crippen LogP contribution in [0.15, 0.2) is 48.5 Å². The molecule has 84 valence electrons. The molecule has 0 atom stereocenters. The number of hydrogen-bond donors (Lipinski definition) is 0. The number of benzene rings is 2. The third-order valence-corrected chi connectivity index (χ3v) is 3.37. The molecule has 0 amide bonds. The minimum atomic E-state index is 1.07. The SMILES string of the molecule is Cc1cc(C)cc(C2=CCc3ccccc32)c1. The standard InChI is InChI=1S/C17H16/c1-12-9-13(2)11-15(10-12)17-8-7-14-5-3-4-6-16(14)17/h3-6,8-11H,7H2,1-2H3. The molecule has 0 bridgehead atoms. The first-order valence-electron chi connectivity index (χ1n) is 6.11. The summed E-state index contributed by atoms with van der Waals surface area (Å²) in [6, 6.07) is 15.5. The van der Waals surface area contributed by atoms with E-state index in [4.69, 9.17) is 0 Å². The quantitative estimate of drug-likeness (QED) is 0.672. The van der Waals surface area contributed by atoms with Crippen LogP contribution in [-0.2, 0) is 6.42 Å². The Morgan fingerprint density at radius 3 is 2.35 bits per heavy atom. The topological polar surface area (TPSA) is 0 Å². The lowest BCUT2D eigenvalue weighted by atomic mass is 9.96. The van der Waals surface area contributed by atoms with Crippen molar-refractivity contribution in [1.29, 1.82) is 0 Å². The molecule has 0 heteroatoms. The van der Waals surface area contributed by atoms with Crippen LogP contribution in [0.3, 0.4) is 0 Å². The van der Waals surface area contributed by atoms with Crippen LogP contribution in [0.25, 0.3) is 5.57 Å². The molecule has 0 saturated carbocycles. The van der Waals surface area contributed by atoms with Gasteiger partial charge in [-0.3, -0.25) is 0 Å². The lowest BCUT2D eigenvalue weighted by Crippen LogP contribution is -1.89. The monoisotopic (exact) mass is 220 g/mol. The number of allylic oxidation sites excluding steroid dienone is 1. The number of hydrogen-bond acceptors (Lipinski definition) is 0. The summed E-state index contributed by atoms with van der Waals surface area (Å²) in [6.07, 6.45) is 3.41. The fourth-order valence-corrected chi connectivity index (χ4v) is 2.69. The molecular formula is C17H16. The molecule has 0 nitrogen and oxygen atoms in total. The van der Waals surface area contributed by atoms with E-state index < -0.39 is 0 Å². The maximum Gasteiger partial charge on any atom is -0.00819 e. The van der Waals surface area contributed by atoms with Crippen molar-refractivity contribution in [2.75, 3.05) is 0 Å². The Bertz CT molecular complexity index is 583. The van der Waals surface area contributed by atoms with E-state index in [-0.39, 0.29) is 0 Å². The van der Waals surface area contributed by atoms with Crippen molar-refractivity contribution >= 4 is 5.57 Å². The molecule has 2 aromatic carbocycles. The summed E-state index contributed by atoms with van der Waals surface area (Å²) in [6.45, 7) is 4.33. The van der Waals surface area contributed by atoms with E-state index in [2.05, 4.69) is 62.4 Å². The van der Waals surface area contributed by atoms with Gasteiger partial charge in [0, 0.05) is 0 Å². The second-order valence-electron chi connectivity index (χ2n) is 4.86. The Labute approximate surface area is 103 Å². The molecule has 0 heterocycles. The maximum absolute atomic E-state index is 2.35. The van der Waals surface area contributed by atoms with E-state index in [1.807, 2.05) is 0 Å². The predicted molar refractivity (Wildman–Crippen MR) is 73.1 cm³/mol. The Hall–Kier alpha value is -1.82. The van der Waals surface area contributed by atoms with E-state index >= 15 is 0 Å². The zero-order valence-corrected chi connectivity index (χ0v) is 10.3. The lowest BCUT2D eigenvalue weighted by molar-refractivity contribution is 1.31. The van der Waals surface area contributed by atoms with Crippen LogP contribution in [0.4, 0.5) is 0 Å². The first-order chi connectivity index (χ1) is 8.24. The molecule has 0 saturated heterocycles. The van der Waals surface area contributed by atoms with Gasteiger partial charge in [-0.1, -0.05) is 59.7 Å². The summed E-state index contributed by atoms with van der Waals surface area (Å²) in [5.41, 5.74) is 8.27. The van der Waals surface area contributed by atoms with E-state index in [0.29, 0.717) is 0 Å². The van der Waals surface area contributed by atoms with E-state index in [1.165, 1.54) is 33.4 Å². The van der Waals surface area contributed by atoms with Crippen molar-refractivity contribution in [1.82, 2.24) is 0 Å². The Morgan fingerprint density at radius 2 is 1.59 bits per heavy atom. The molecule has 0 N–H and O–H groups in total.